The van der Waals surface area contributed by atoms with E-state index in [2.05, 4.69) is 20.8 Å². The lowest BCUT2D eigenvalue weighted by atomic mass is 10.1. The van der Waals surface area contributed by atoms with Gasteiger partial charge in [0.1, 0.15) is 11.0 Å². The van der Waals surface area contributed by atoms with E-state index in [1.54, 1.807) is 50.4 Å². The predicted molar refractivity (Wildman–Crippen MR) is 117 cm³/mol. The molecule has 1 aliphatic rings. The topological polar surface area (TPSA) is 92.1 Å². The zero-order valence-corrected chi connectivity index (χ0v) is 17.4. The number of thioether (sulfide) groups is 1. The second-order valence-corrected chi connectivity index (χ2v) is 7.81. The summed E-state index contributed by atoms with van der Waals surface area (Å²) in [5, 5.41) is 14.0. The zero-order valence-electron chi connectivity index (χ0n) is 15.8. The Kier molecular flexibility index (Phi) is 6.90. The Morgan fingerprint density at radius 2 is 2.03 bits per heavy atom. The number of nitrogens with one attached hydrogen (secondary N) is 2. The predicted octanol–water partition coefficient (Wildman–Crippen LogP) is 3.69. The molecule has 9 heteroatoms. The van der Waals surface area contributed by atoms with Crippen LogP contribution in [-0.4, -0.2) is 35.1 Å². The summed E-state index contributed by atoms with van der Waals surface area (Å²) in [6.45, 7) is 1.80. The van der Waals surface area contributed by atoms with E-state index in [9.17, 15) is 9.59 Å². The molecular formula is C20H19ClN4O3S. The summed E-state index contributed by atoms with van der Waals surface area (Å²) in [5.74, 6) is 0.0583. The minimum absolute atomic E-state index is 0.0549. The Morgan fingerprint density at radius 3 is 2.76 bits per heavy atom. The van der Waals surface area contributed by atoms with Crippen molar-refractivity contribution in [2.45, 2.75) is 18.6 Å². The molecule has 3 rings (SSSR count). The van der Waals surface area contributed by atoms with Crippen LogP contribution in [0, 0.1) is 0 Å². The maximum atomic E-state index is 12.6. The Labute approximate surface area is 177 Å². The number of amides is 2. The third kappa shape index (κ3) is 5.82. The maximum absolute atomic E-state index is 12.6. The van der Waals surface area contributed by atoms with Crippen molar-refractivity contribution >= 4 is 51.7 Å². The molecule has 29 heavy (non-hydrogen) atoms. The minimum atomic E-state index is -0.611. The van der Waals surface area contributed by atoms with Gasteiger partial charge in [0.15, 0.2) is 5.17 Å². The van der Waals surface area contributed by atoms with Gasteiger partial charge in [-0.1, -0.05) is 41.6 Å². The number of benzene rings is 2. The molecular weight excluding hydrogens is 412 g/mol. The lowest BCUT2D eigenvalue weighted by Gasteiger charge is -2.21. The van der Waals surface area contributed by atoms with E-state index in [4.69, 9.17) is 16.3 Å². The van der Waals surface area contributed by atoms with E-state index in [1.807, 2.05) is 12.1 Å². The van der Waals surface area contributed by atoms with Gasteiger partial charge < -0.3 is 15.4 Å². The molecule has 2 aromatic carbocycles. The quantitative estimate of drug-likeness (QED) is 0.559. The first kappa shape index (κ1) is 20.9. The fourth-order valence-corrected chi connectivity index (χ4v) is 3.59. The van der Waals surface area contributed by atoms with Crippen LogP contribution >= 0.6 is 23.4 Å². The fraction of sp³-hybridized carbons (Fsp3) is 0.200. The van der Waals surface area contributed by atoms with Gasteiger partial charge in [-0.3, -0.25) is 9.59 Å². The number of amidine groups is 1. The molecule has 7 nitrogen and oxygen atoms in total. The van der Waals surface area contributed by atoms with Crippen LogP contribution in [0.15, 0.2) is 58.7 Å². The smallest absolute Gasteiger partial charge is 0.238 e. The molecule has 0 spiro atoms. The summed E-state index contributed by atoms with van der Waals surface area (Å²) in [4.78, 5) is 24.6. The molecule has 0 aliphatic carbocycles. The van der Waals surface area contributed by atoms with Crippen LogP contribution in [-0.2, 0) is 9.59 Å². The molecule has 2 N–H and O–H groups in total. The lowest BCUT2D eigenvalue weighted by Crippen LogP contribution is -2.41. The number of hydrogen-bond donors (Lipinski definition) is 2. The van der Waals surface area contributed by atoms with E-state index in [1.165, 1.54) is 0 Å². The molecule has 2 amide bonds. The fourth-order valence-electron chi connectivity index (χ4n) is 2.53. The molecule has 1 aliphatic heterocycles. The molecule has 1 heterocycles. The van der Waals surface area contributed by atoms with Crippen LogP contribution in [0.5, 0.6) is 5.75 Å². The molecule has 0 saturated carbocycles. The van der Waals surface area contributed by atoms with Gasteiger partial charge >= 0.3 is 0 Å². The van der Waals surface area contributed by atoms with Gasteiger partial charge in [-0.25, -0.2) is 0 Å². The van der Waals surface area contributed by atoms with Crippen LogP contribution in [0.1, 0.15) is 18.9 Å². The van der Waals surface area contributed by atoms with Crippen molar-refractivity contribution in [3.05, 3.63) is 59.1 Å². The number of hydrogen-bond acceptors (Lipinski definition) is 6. The van der Waals surface area contributed by atoms with Crippen molar-refractivity contribution < 1.29 is 14.3 Å². The molecule has 0 aromatic heterocycles. The highest BCUT2D eigenvalue weighted by molar-refractivity contribution is 8.15. The number of carbonyl (C=O) groups is 2. The summed E-state index contributed by atoms with van der Waals surface area (Å²) in [6, 6.07) is 14.2. The highest BCUT2D eigenvalue weighted by Crippen LogP contribution is 2.24. The number of methoxy groups -OCH3 is 1. The first-order valence-corrected chi connectivity index (χ1v) is 10.00. The normalized spacial score (nSPS) is 18.3. The molecule has 2 aromatic rings. The van der Waals surface area contributed by atoms with Gasteiger partial charge in [0.05, 0.1) is 12.8 Å². The Bertz CT molecular complexity index is 976. The molecule has 1 saturated heterocycles. The van der Waals surface area contributed by atoms with E-state index in [-0.39, 0.29) is 23.4 Å². The lowest BCUT2D eigenvalue weighted by molar-refractivity contribution is -0.123. The summed E-state index contributed by atoms with van der Waals surface area (Å²) in [5.41, 5.74) is 2.11. The van der Waals surface area contributed by atoms with Gasteiger partial charge in [-0.15, -0.1) is 5.10 Å². The second kappa shape index (κ2) is 9.58. The summed E-state index contributed by atoms with van der Waals surface area (Å²) < 4.78 is 5.15. The number of ether oxygens (including phenoxy) is 1. The van der Waals surface area contributed by atoms with Crippen molar-refractivity contribution in [2.75, 3.05) is 12.4 Å². The first-order valence-electron chi connectivity index (χ1n) is 8.74. The monoisotopic (exact) mass is 430 g/mol. The standard InChI is InChI=1S/C20H19ClN4O3S/c1-12(13-6-8-14(21)9-7-13)24-25-20-23-18(26)11-17(29-20)19(27)22-15-4-3-5-16(10-15)28-2/h3-10,17H,11H2,1-2H3,(H,22,27)(H,23,25,26)/b24-12+/t17-/m0/s1. The molecule has 150 valence electrons. The molecule has 0 bridgehead atoms. The van der Waals surface area contributed by atoms with Crippen LogP contribution in [0.3, 0.4) is 0 Å². The molecule has 0 radical (unpaired) electrons. The SMILES string of the molecule is COc1cccc(NC(=O)[C@@H]2CC(=O)N/C(=N\N=C(/C)c3ccc(Cl)cc3)S2)c1. The van der Waals surface area contributed by atoms with Gasteiger partial charge in [-0.05, 0) is 36.8 Å². The highest BCUT2D eigenvalue weighted by Gasteiger charge is 2.30. The Balaban J connectivity index is 1.69. The van der Waals surface area contributed by atoms with Crippen LogP contribution in [0.2, 0.25) is 5.02 Å². The van der Waals surface area contributed by atoms with Crippen LogP contribution in [0.4, 0.5) is 5.69 Å². The number of rotatable bonds is 5. The number of nitrogens with zero attached hydrogens (tertiary/aromatic N) is 2. The van der Waals surface area contributed by atoms with Gasteiger partial charge in [0.2, 0.25) is 11.8 Å². The zero-order chi connectivity index (χ0) is 20.8. The van der Waals surface area contributed by atoms with E-state index >= 15 is 0 Å². The van der Waals surface area contributed by atoms with E-state index in [0.29, 0.717) is 22.2 Å². The Morgan fingerprint density at radius 1 is 1.28 bits per heavy atom. The first-order chi connectivity index (χ1) is 13.9. The Hall–Kier alpha value is -2.84. The van der Waals surface area contributed by atoms with Gasteiger partial charge in [-0.2, -0.15) is 5.10 Å². The highest BCUT2D eigenvalue weighted by atomic mass is 35.5. The average molecular weight is 431 g/mol. The number of carbonyl (C=O) groups excluding carboxylic acids is 2. The van der Waals surface area contributed by atoms with Crippen molar-refractivity contribution in [3.63, 3.8) is 0 Å². The maximum Gasteiger partial charge on any atom is 0.238 e. The summed E-state index contributed by atoms with van der Waals surface area (Å²) in [6.07, 6.45) is 0.0549. The largest absolute Gasteiger partial charge is 0.497 e. The van der Waals surface area contributed by atoms with Crippen molar-refractivity contribution in [1.82, 2.24) is 5.32 Å². The second-order valence-electron chi connectivity index (χ2n) is 6.18. The van der Waals surface area contributed by atoms with Crippen molar-refractivity contribution in [2.24, 2.45) is 10.2 Å². The van der Waals surface area contributed by atoms with E-state index < -0.39 is 5.25 Å². The summed E-state index contributed by atoms with van der Waals surface area (Å²) in [7, 11) is 1.55. The number of halogens is 1. The van der Waals surface area contributed by atoms with Gasteiger partial charge in [0.25, 0.3) is 0 Å². The van der Waals surface area contributed by atoms with Gasteiger partial charge in [0, 0.05) is 23.2 Å². The molecule has 1 fully saturated rings. The molecule has 0 unspecified atom stereocenters. The third-order valence-corrected chi connectivity index (χ3v) is 5.38. The van der Waals surface area contributed by atoms with Crippen LogP contribution < -0.4 is 15.4 Å². The van der Waals surface area contributed by atoms with Crippen LogP contribution in [0.25, 0.3) is 0 Å². The third-order valence-electron chi connectivity index (χ3n) is 4.05. The van der Waals surface area contributed by atoms with E-state index in [0.717, 1.165) is 17.3 Å². The summed E-state index contributed by atoms with van der Waals surface area (Å²) >= 11 is 7.05. The molecule has 1 atom stereocenters. The van der Waals surface area contributed by atoms with Crippen molar-refractivity contribution in [1.29, 1.82) is 0 Å². The van der Waals surface area contributed by atoms with Crippen molar-refractivity contribution in [3.8, 4) is 5.75 Å². The minimum Gasteiger partial charge on any atom is -0.497 e. The number of anilines is 1. The average Bonchev–Trinajstić information content (AvgIpc) is 2.72.